The summed E-state index contributed by atoms with van der Waals surface area (Å²) in [4.78, 5) is 17.9. The van der Waals surface area contributed by atoms with Crippen LogP contribution in [-0.2, 0) is 6.54 Å². The lowest BCUT2D eigenvalue weighted by Gasteiger charge is -2.28. The maximum Gasteiger partial charge on any atom is 0.184 e. The van der Waals surface area contributed by atoms with Crippen molar-refractivity contribution in [3.63, 3.8) is 0 Å². The van der Waals surface area contributed by atoms with Crippen LogP contribution in [0, 0.1) is 5.92 Å². The highest BCUT2D eigenvalue weighted by atomic mass is 16.5. The molecule has 2 aliphatic carbocycles. The number of Topliss-reactive ketones (excluding diaryl/α,β-unsaturated/α-hetero) is 1. The highest BCUT2D eigenvalue weighted by molar-refractivity contribution is 5.97. The number of benzene rings is 1. The van der Waals surface area contributed by atoms with Crippen LogP contribution in [0.25, 0.3) is 0 Å². The monoisotopic (exact) mass is 364 g/mol. The van der Waals surface area contributed by atoms with Crippen molar-refractivity contribution in [3.8, 4) is 5.75 Å². The predicted octanol–water partition coefficient (Wildman–Crippen LogP) is 4.58. The maximum atomic E-state index is 13.2. The molecule has 1 aromatic carbocycles. The van der Waals surface area contributed by atoms with E-state index in [1.807, 2.05) is 18.2 Å². The molecule has 0 unspecified atom stereocenters. The molecule has 0 radical (unpaired) electrons. The number of carbonyl (C=O) groups is 1. The van der Waals surface area contributed by atoms with Crippen LogP contribution in [0.4, 0.5) is 0 Å². The molecule has 2 aliphatic rings. The van der Waals surface area contributed by atoms with E-state index in [0.717, 1.165) is 42.7 Å². The van der Waals surface area contributed by atoms with E-state index in [9.17, 15) is 4.79 Å². The van der Waals surface area contributed by atoms with Gasteiger partial charge >= 0.3 is 0 Å². The van der Waals surface area contributed by atoms with E-state index >= 15 is 0 Å². The number of carbonyl (C=O) groups excluding carboxylic acids is 1. The van der Waals surface area contributed by atoms with E-state index in [1.54, 1.807) is 7.11 Å². The van der Waals surface area contributed by atoms with Crippen molar-refractivity contribution in [1.29, 1.82) is 0 Å². The van der Waals surface area contributed by atoms with Crippen LogP contribution in [0.2, 0.25) is 0 Å². The molecule has 0 amide bonds. The number of hydrogen-bond donors (Lipinski definition) is 1. The molecule has 0 saturated heterocycles. The highest BCUT2D eigenvalue weighted by Gasteiger charge is 2.33. The Balaban J connectivity index is 1.45. The molecule has 27 heavy (non-hydrogen) atoms. The number of aromatic nitrogens is 1. The zero-order valence-electron chi connectivity index (χ0n) is 16.0. The average molecular weight is 364 g/mol. The van der Waals surface area contributed by atoms with Crippen molar-refractivity contribution in [3.05, 3.63) is 58.9 Å². The summed E-state index contributed by atoms with van der Waals surface area (Å²) in [5, 5.41) is 0. The second-order valence-electron chi connectivity index (χ2n) is 7.90. The van der Waals surface area contributed by atoms with Gasteiger partial charge in [0, 0.05) is 12.5 Å². The Morgan fingerprint density at radius 2 is 1.67 bits per heavy atom. The van der Waals surface area contributed by atoms with Gasteiger partial charge in [-0.25, -0.2) is 4.98 Å². The lowest BCUT2D eigenvalue weighted by atomic mass is 9.76. The summed E-state index contributed by atoms with van der Waals surface area (Å²) < 4.78 is 5.25. The van der Waals surface area contributed by atoms with Gasteiger partial charge in [-0.2, -0.15) is 0 Å². The standard InChI is InChI=1S/C23H28N2O2/c1-27-20-11-8-16(9-12-20)15-2-6-18(7-3-15)23(26)22-21(17-4-5-17)13-10-19(14-24)25-22/h8-13,15,17-18H,2-7,14,24H2,1H3. The lowest BCUT2D eigenvalue weighted by Crippen LogP contribution is -2.23. The zero-order chi connectivity index (χ0) is 18.8. The van der Waals surface area contributed by atoms with Gasteiger partial charge in [-0.3, -0.25) is 4.79 Å². The van der Waals surface area contributed by atoms with Crippen LogP contribution in [0.1, 0.15) is 77.7 Å². The Labute approximate surface area is 161 Å². The van der Waals surface area contributed by atoms with Crippen molar-refractivity contribution in [2.24, 2.45) is 11.7 Å². The van der Waals surface area contributed by atoms with E-state index in [2.05, 4.69) is 23.2 Å². The molecule has 2 N–H and O–H groups in total. The number of hydrogen-bond acceptors (Lipinski definition) is 4. The summed E-state index contributed by atoms with van der Waals surface area (Å²) in [6.45, 7) is 0.384. The number of rotatable bonds is 6. The minimum Gasteiger partial charge on any atom is -0.497 e. The first kappa shape index (κ1) is 18.2. The molecule has 0 aliphatic heterocycles. The van der Waals surface area contributed by atoms with Gasteiger partial charge in [0.2, 0.25) is 0 Å². The molecule has 1 heterocycles. The highest BCUT2D eigenvalue weighted by Crippen LogP contribution is 2.43. The molecule has 4 heteroatoms. The van der Waals surface area contributed by atoms with Crippen LogP contribution >= 0.6 is 0 Å². The number of pyridine rings is 1. The number of methoxy groups -OCH3 is 1. The summed E-state index contributed by atoms with van der Waals surface area (Å²) >= 11 is 0. The summed E-state index contributed by atoms with van der Waals surface area (Å²) in [6, 6.07) is 12.4. The number of nitrogens with two attached hydrogens (primary N) is 1. The molecule has 4 nitrogen and oxygen atoms in total. The molecule has 142 valence electrons. The molecule has 2 saturated carbocycles. The number of ketones is 1. The molecule has 2 fully saturated rings. The Morgan fingerprint density at radius 3 is 2.26 bits per heavy atom. The van der Waals surface area contributed by atoms with Gasteiger partial charge in [0.05, 0.1) is 12.8 Å². The van der Waals surface area contributed by atoms with Crippen molar-refractivity contribution in [1.82, 2.24) is 4.98 Å². The van der Waals surface area contributed by atoms with Crippen LogP contribution in [-0.4, -0.2) is 17.9 Å². The fourth-order valence-corrected chi connectivity index (χ4v) is 4.30. The van der Waals surface area contributed by atoms with Gasteiger partial charge in [0.1, 0.15) is 11.4 Å². The third kappa shape index (κ3) is 3.91. The van der Waals surface area contributed by atoms with E-state index in [4.69, 9.17) is 10.5 Å². The van der Waals surface area contributed by atoms with Gasteiger partial charge in [0.15, 0.2) is 5.78 Å². The van der Waals surface area contributed by atoms with Crippen molar-refractivity contribution < 1.29 is 9.53 Å². The van der Waals surface area contributed by atoms with E-state index in [0.29, 0.717) is 24.1 Å². The summed E-state index contributed by atoms with van der Waals surface area (Å²) in [5.74, 6) is 2.28. The fraction of sp³-hybridized carbons (Fsp3) is 0.478. The average Bonchev–Trinajstić information content (AvgIpc) is 3.58. The van der Waals surface area contributed by atoms with Crippen LogP contribution < -0.4 is 10.5 Å². The van der Waals surface area contributed by atoms with Crippen LogP contribution in [0.3, 0.4) is 0 Å². The second kappa shape index (κ2) is 7.81. The molecule has 0 bridgehead atoms. The Kier molecular flexibility index (Phi) is 5.26. The first-order valence-electron chi connectivity index (χ1n) is 10.1. The first-order valence-corrected chi connectivity index (χ1v) is 10.1. The normalized spacial score (nSPS) is 22.4. The second-order valence-corrected chi connectivity index (χ2v) is 7.90. The third-order valence-electron chi connectivity index (χ3n) is 6.13. The molecular weight excluding hydrogens is 336 g/mol. The number of ether oxygens (including phenoxy) is 1. The molecule has 2 aromatic rings. The minimum atomic E-state index is 0.0949. The zero-order valence-corrected chi connectivity index (χ0v) is 16.0. The van der Waals surface area contributed by atoms with E-state index < -0.39 is 0 Å². The summed E-state index contributed by atoms with van der Waals surface area (Å²) in [7, 11) is 1.69. The molecule has 1 aromatic heterocycles. The fourth-order valence-electron chi connectivity index (χ4n) is 4.30. The van der Waals surface area contributed by atoms with Gasteiger partial charge in [-0.05, 0) is 79.7 Å². The number of nitrogens with zero attached hydrogens (tertiary/aromatic N) is 1. The third-order valence-corrected chi connectivity index (χ3v) is 6.13. The molecular formula is C23H28N2O2. The van der Waals surface area contributed by atoms with E-state index in [1.165, 1.54) is 18.4 Å². The van der Waals surface area contributed by atoms with Gasteiger partial charge in [-0.1, -0.05) is 18.2 Å². The van der Waals surface area contributed by atoms with Crippen LogP contribution in [0.15, 0.2) is 36.4 Å². The molecule has 0 atom stereocenters. The molecule has 4 rings (SSSR count). The lowest BCUT2D eigenvalue weighted by molar-refractivity contribution is 0.0877. The smallest absolute Gasteiger partial charge is 0.184 e. The van der Waals surface area contributed by atoms with Gasteiger partial charge in [0.25, 0.3) is 0 Å². The Morgan fingerprint density at radius 1 is 1.00 bits per heavy atom. The van der Waals surface area contributed by atoms with Crippen molar-refractivity contribution in [2.75, 3.05) is 7.11 Å². The van der Waals surface area contributed by atoms with Crippen molar-refractivity contribution in [2.45, 2.75) is 56.9 Å². The minimum absolute atomic E-state index is 0.0949. The summed E-state index contributed by atoms with van der Waals surface area (Å²) in [6.07, 6.45) is 6.33. The van der Waals surface area contributed by atoms with E-state index in [-0.39, 0.29) is 11.7 Å². The molecule has 0 spiro atoms. The van der Waals surface area contributed by atoms with Crippen molar-refractivity contribution >= 4 is 5.78 Å². The van der Waals surface area contributed by atoms with Gasteiger partial charge in [-0.15, -0.1) is 0 Å². The SMILES string of the molecule is COc1ccc(C2CCC(C(=O)c3nc(CN)ccc3C3CC3)CC2)cc1. The van der Waals surface area contributed by atoms with Gasteiger partial charge < -0.3 is 10.5 Å². The van der Waals surface area contributed by atoms with Crippen LogP contribution in [0.5, 0.6) is 5.75 Å². The predicted molar refractivity (Wildman–Crippen MR) is 106 cm³/mol. The summed E-state index contributed by atoms with van der Waals surface area (Å²) in [5.41, 5.74) is 9.77. The topological polar surface area (TPSA) is 65.2 Å². The first-order chi connectivity index (χ1) is 13.2. The quantitative estimate of drug-likeness (QED) is 0.762. The Hall–Kier alpha value is -2.20. The Bertz CT molecular complexity index is 804. The largest absolute Gasteiger partial charge is 0.497 e. The maximum absolute atomic E-state index is 13.2.